The van der Waals surface area contributed by atoms with Crippen LogP contribution in [-0.4, -0.2) is 57.1 Å². The number of rotatable bonds is 14. The zero-order valence-electron chi connectivity index (χ0n) is 22.8. The number of methoxy groups -OCH3 is 1. The lowest BCUT2D eigenvalue weighted by molar-refractivity contribution is -0.141. The van der Waals surface area contributed by atoms with Crippen molar-refractivity contribution in [3.8, 4) is 5.75 Å². The SMILES string of the molecule is CC[C@@H](C)NC(=O)[C@@H](CC)N(Cc1c(Cl)cccc1Cl)C(=O)CCCN(c1ccc(OC)c(Cl)c1)S(C)(=O)=O. The Bertz CT molecular complexity index is 1240. The minimum atomic E-state index is -3.67. The Morgan fingerprint density at radius 2 is 1.67 bits per heavy atom. The Labute approximate surface area is 246 Å². The van der Waals surface area contributed by atoms with Crippen molar-refractivity contribution in [1.29, 1.82) is 0 Å². The summed E-state index contributed by atoms with van der Waals surface area (Å²) in [6.07, 6.45) is 2.39. The van der Waals surface area contributed by atoms with Gasteiger partial charge in [0.2, 0.25) is 21.8 Å². The van der Waals surface area contributed by atoms with Crippen LogP contribution in [0.4, 0.5) is 5.69 Å². The van der Waals surface area contributed by atoms with E-state index in [4.69, 9.17) is 39.5 Å². The smallest absolute Gasteiger partial charge is 0.243 e. The van der Waals surface area contributed by atoms with Crippen molar-refractivity contribution in [2.75, 3.05) is 24.2 Å². The summed E-state index contributed by atoms with van der Waals surface area (Å²) in [6.45, 7) is 5.75. The molecule has 0 spiro atoms. The molecule has 0 aromatic heterocycles. The number of sulfonamides is 1. The van der Waals surface area contributed by atoms with E-state index in [9.17, 15) is 18.0 Å². The average Bonchev–Trinajstić information content (AvgIpc) is 2.87. The minimum Gasteiger partial charge on any atom is -0.495 e. The molecule has 0 aliphatic heterocycles. The maximum atomic E-state index is 13.6. The van der Waals surface area contributed by atoms with E-state index < -0.39 is 16.1 Å². The highest BCUT2D eigenvalue weighted by atomic mass is 35.5. The fraction of sp³-hybridized carbons (Fsp3) is 0.481. The van der Waals surface area contributed by atoms with Crippen LogP contribution in [0.25, 0.3) is 0 Å². The Balaban J connectivity index is 2.30. The molecule has 0 bridgehead atoms. The van der Waals surface area contributed by atoms with Crippen LogP contribution in [0.1, 0.15) is 52.0 Å². The minimum absolute atomic E-state index is 0.00884. The van der Waals surface area contributed by atoms with Crippen molar-refractivity contribution in [3.05, 3.63) is 57.0 Å². The normalized spacial score (nSPS) is 12.9. The summed E-state index contributed by atoms with van der Waals surface area (Å²) in [7, 11) is -2.21. The van der Waals surface area contributed by atoms with Crippen molar-refractivity contribution in [2.45, 2.75) is 65.1 Å². The van der Waals surface area contributed by atoms with Crippen LogP contribution in [0, 0.1) is 0 Å². The molecule has 0 saturated heterocycles. The van der Waals surface area contributed by atoms with Crippen LogP contribution in [0.15, 0.2) is 36.4 Å². The van der Waals surface area contributed by atoms with Crippen molar-refractivity contribution in [1.82, 2.24) is 10.2 Å². The Kier molecular flexibility index (Phi) is 12.7. The van der Waals surface area contributed by atoms with Gasteiger partial charge in [-0.25, -0.2) is 8.42 Å². The molecule has 0 radical (unpaired) electrons. The zero-order valence-corrected chi connectivity index (χ0v) is 25.9. The van der Waals surface area contributed by atoms with Gasteiger partial charge in [-0.05, 0) is 56.5 Å². The molecule has 8 nitrogen and oxygen atoms in total. The molecule has 0 heterocycles. The van der Waals surface area contributed by atoms with E-state index in [1.165, 1.54) is 22.4 Å². The van der Waals surface area contributed by atoms with E-state index in [0.717, 1.165) is 12.7 Å². The first-order chi connectivity index (χ1) is 18.3. The number of nitrogens with zero attached hydrogens (tertiary/aromatic N) is 2. The molecule has 0 aliphatic carbocycles. The molecular formula is C27H36Cl3N3O5S. The van der Waals surface area contributed by atoms with E-state index in [1.54, 1.807) is 30.3 Å². The van der Waals surface area contributed by atoms with Gasteiger partial charge in [0.1, 0.15) is 11.8 Å². The quantitative estimate of drug-likeness (QED) is 0.283. The van der Waals surface area contributed by atoms with Gasteiger partial charge in [-0.2, -0.15) is 0 Å². The number of nitrogens with one attached hydrogen (secondary N) is 1. The van der Waals surface area contributed by atoms with Crippen LogP contribution in [0.2, 0.25) is 15.1 Å². The number of ether oxygens (including phenoxy) is 1. The first-order valence-electron chi connectivity index (χ1n) is 12.7. The summed E-state index contributed by atoms with van der Waals surface area (Å²) >= 11 is 19.0. The van der Waals surface area contributed by atoms with Gasteiger partial charge in [0.25, 0.3) is 0 Å². The second-order valence-electron chi connectivity index (χ2n) is 9.22. The molecule has 0 aliphatic rings. The Hall–Kier alpha value is -2.20. The summed E-state index contributed by atoms with van der Waals surface area (Å²) < 4.78 is 31.5. The van der Waals surface area contributed by atoms with Crippen molar-refractivity contribution >= 4 is 62.3 Å². The fourth-order valence-electron chi connectivity index (χ4n) is 4.03. The summed E-state index contributed by atoms with van der Waals surface area (Å²) in [4.78, 5) is 28.2. The number of carbonyl (C=O) groups excluding carboxylic acids is 2. The predicted octanol–water partition coefficient (Wildman–Crippen LogP) is 5.92. The Morgan fingerprint density at radius 3 is 2.18 bits per heavy atom. The van der Waals surface area contributed by atoms with E-state index in [1.807, 2.05) is 20.8 Å². The van der Waals surface area contributed by atoms with E-state index in [-0.39, 0.29) is 48.8 Å². The maximum Gasteiger partial charge on any atom is 0.243 e. The molecule has 0 fully saturated rings. The first kappa shape index (κ1) is 33.0. The van der Waals surface area contributed by atoms with Gasteiger partial charge >= 0.3 is 0 Å². The number of halogens is 3. The molecule has 39 heavy (non-hydrogen) atoms. The molecule has 2 atom stereocenters. The molecule has 12 heteroatoms. The number of benzene rings is 2. The van der Waals surface area contributed by atoms with E-state index >= 15 is 0 Å². The number of carbonyl (C=O) groups is 2. The predicted molar refractivity (Wildman–Crippen MR) is 158 cm³/mol. The van der Waals surface area contributed by atoms with Gasteiger partial charge in [0.15, 0.2) is 0 Å². The molecule has 2 aromatic carbocycles. The monoisotopic (exact) mass is 619 g/mol. The third-order valence-electron chi connectivity index (χ3n) is 6.35. The number of amides is 2. The average molecular weight is 621 g/mol. The Morgan fingerprint density at radius 1 is 1.03 bits per heavy atom. The van der Waals surface area contributed by atoms with Gasteiger partial charge in [-0.1, -0.05) is 54.7 Å². The highest BCUT2D eigenvalue weighted by Crippen LogP contribution is 2.31. The number of hydrogen-bond acceptors (Lipinski definition) is 5. The summed E-state index contributed by atoms with van der Waals surface area (Å²) in [5, 5.41) is 3.99. The molecular weight excluding hydrogens is 585 g/mol. The molecule has 0 unspecified atom stereocenters. The lowest BCUT2D eigenvalue weighted by Gasteiger charge is -2.32. The summed E-state index contributed by atoms with van der Waals surface area (Å²) in [5.41, 5.74) is 0.893. The van der Waals surface area contributed by atoms with Crippen LogP contribution >= 0.6 is 34.8 Å². The molecule has 2 aromatic rings. The highest BCUT2D eigenvalue weighted by Gasteiger charge is 2.30. The van der Waals surface area contributed by atoms with E-state index in [0.29, 0.717) is 33.5 Å². The van der Waals surface area contributed by atoms with Crippen LogP contribution < -0.4 is 14.4 Å². The molecule has 216 valence electrons. The van der Waals surface area contributed by atoms with Crippen molar-refractivity contribution in [2.24, 2.45) is 0 Å². The van der Waals surface area contributed by atoms with Crippen molar-refractivity contribution < 1.29 is 22.7 Å². The van der Waals surface area contributed by atoms with Gasteiger partial charge < -0.3 is 15.0 Å². The number of anilines is 1. The second kappa shape index (κ2) is 15.0. The highest BCUT2D eigenvalue weighted by molar-refractivity contribution is 7.92. The third-order valence-corrected chi connectivity index (χ3v) is 8.55. The molecule has 0 saturated carbocycles. The van der Waals surface area contributed by atoms with Gasteiger partial charge in [-0.3, -0.25) is 13.9 Å². The first-order valence-corrected chi connectivity index (χ1v) is 15.7. The lowest BCUT2D eigenvalue weighted by atomic mass is 10.1. The molecule has 1 N–H and O–H groups in total. The third kappa shape index (κ3) is 9.17. The fourth-order valence-corrected chi connectivity index (χ4v) is 5.75. The topological polar surface area (TPSA) is 96.0 Å². The van der Waals surface area contributed by atoms with Crippen LogP contribution in [0.5, 0.6) is 5.75 Å². The molecule has 2 amide bonds. The lowest BCUT2D eigenvalue weighted by Crippen LogP contribution is -2.50. The van der Waals surface area contributed by atoms with E-state index in [2.05, 4.69) is 5.32 Å². The zero-order chi connectivity index (χ0) is 29.3. The number of hydrogen-bond donors (Lipinski definition) is 1. The van der Waals surface area contributed by atoms with Crippen LogP contribution in [0.3, 0.4) is 0 Å². The summed E-state index contributed by atoms with van der Waals surface area (Å²) in [5.74, 6) is -0.174. The van der Waals surface area contributed by atoms with Crippen LogP contribution in [-0.2, 0) is 26.2 Å². The second-order valence-corrected chi connectivity index (χ2v) is 12.3. The molecule has 2 rings (SSSR count). The largest absolute Gasteiger partial charge is 0.495 e. The maximum absolute atomic E-state index is 13.6. The summed E-state index contributed by atoms with van der Waals surface area (Å²) in [6, 6.07) is 8.91. The standard InChI is InChI=1S/C27H36Cl3N3O5S/c1-6-18(3)31-27(35)24(7-2)32(17-20-21(28)10-8-11-22(20)29)26(34)12-9-15-33(39(5,36)37)19-13-14-25(38-4)23(30)16-19/h8,10-11,13-14,16,18,24H,6-7,9,12,15,17H2,1-5H3,(H,31,35)/t18-,24-/m1/s1. The van der Waals surface area contributed by atoms with Crippen molar-refractivity contribution in [3.63, 3.8) is 0 Å². The van der Waals surface area contributed by atoms with Gasteiger partial charge in [-0.15, -0.1) is 0 Å². The van der Waals surface area contributed by atoms with Gasteiger partial charge in [0, 0.05) is 41.2 Å². The van der Waals surface area contributed by atoms with Gasteiger partial charge in [0.05, 0.1) is 24.1 Å².